The lowest BCUT2D eigenvalue weighted by atomic mass is 10.1. The molecule has 1 heterocycles. The quantitative estimate of drug-likeness (QED) is 0.714. The Morgan fingerprint density at radius 3 is 2.42 bits per heavy atom. The molecule has 0 saturated carbocycles. The minimum Gasteiger partial charge on any atom is -0.467 e. The van der Waals surface area contributed by atoms with E-state index in [0.717, 1.165) is 11.4 Å². The number of carbonyl (C=O) groups is 1. The fraction of sp³-hybridized carbons (Fsp3) is 0.105. The van der Waals surface area contributed by atoms with Crippen molar-refractivity contribution < 1.29 is 13.6 Å². The van der Waals surface area contributed by atoms with E-state index in [1.807, 2.05) is 24.3 Å². The molecule has 0 aliphatic rings. The Morgan fingerprint density at radius 1 is 0.958 bits per heavy atom. The molecule has 5 heteroatoms. The van der Waals surface area contributed by atoms with Gasteiger partial charge in [-0.25, -0.2) is 4.39 Å². The Balaban J connectivity index is 1.54. The molecule has 0 unspecified atom stereocenters. The van der Waals surface area contributed by atoms with Crippen molar-refractivity contribution in [3.8, 4) is 0 Å². The van der Waals surface area contributed by atoms with Crippen LogP contribution in [0.15, 0.2) is 71.3 Å². The molecule has 1 aromatic heterocycles. The topological polar surface area (TPSA) is 54.3 Å². The second kappa shape index (κ2) is 7.46. The number of benzene rings is 2. The Morgan fingerprint density at radius 2 is 1.71 bits per heavy atom. The molecule has 2 aromatic carbocycles. The van der Waals surface area contributed by atoms with Crippen LogP contribution in [-0.2, 0) is 17.8 Å². The van der Waals surface area contributed by atoms with Crippen LogP contribution in [0.1, 0.15) is 11.3 Å². The van der Waals surface area contributed by atoms with E-state index in [1.54, 1.807) is 36.6 Å². The summed E-state index contributed by atoms with van der Waals surface area (Å²) in [7, 11) is 0. The van der Waals surface area contributed by atoms with Crippen molar-refractivity contribution in [1.82, 2.24) is 0 Å². The zero-order valence-electron chi connectivity index (χ0n) is 13.0. The van der Waals surface area contributed by atoms with E-state index in [-0.39, 0.29) is 18.1 Å². The first-order chi connectivity index (χ1) is 11.7. The second-order valence-electron chi connectivity index (χ2n) is 5.33. The number of furan rings is 1. The van der Waals surface area contributed by atoms with Crippen molar-refractivity contribution in [1.29, 1.82) is 0 Å². The highest BCUT2D eigenvalue weighted by molar-refractivity contribution is 5.92. The van der Waals surface area contributed by atoms with Crippen molar-refractivity contribution in [2.24, 2.45) is 0 Å². The largest absolute Gasteiger partial charge is 0.467 e. The van der Waals surface area contributed by atoms with Crippen LogP contribution in [0.4, 0.5) is 15.8 Å². The van der Waals surface area contributed by atoms with E-state index in [9.17, 15) is 9.18 Å². The summed E-state index contributed by atoms with van der Waals surface area (Å²) in [5.74, 6) is 0.221. The number of hydrogen-bond donors (Lipinski definition) is 2. The molecular formula is C19H17FN2O2. The van der Waals surface area contributed by atoms with Crippen LogP contribution >= 0.6 is 0 Å². The first-order valence-corrected chi connectivity index (χ1v) is 7.60. The molecule has 1 amide bonds. The normalized spacial score (nSPS) is 10.4. The molecular weight excluding hydrogens is 307 g/mol. The maximum atomic E-state index is 13.5. The van der Waals surface area contributed by atoms with Gasteiger partial charge in [-0.05, 0) is 48.0 Å². The molecule has 0 spiro atoms. The molecule has 0 radical (unpaired) electrons. The zero-order valence-corrected chi connectivity index (χ0v) is 13.0. The predicted molar refractivity (Wildman–Crippen MR) is 91.2 cm³/mol. The lowest BCUT2D eigenvalue weighted by molar-refractivity contribution is -0.115. The van der Waals surface area contributed by atoms with Crippen LogP contribution < -0.4 is 10.6 Å². The lowest BCUT2D eigenvalue weighted by Crippen LogP contribution is -2.15. The van der Waals surface area contributed by atoms with Crippen LogP contribution in [0.25, 0.3) is 0 Å². The minimum absolute atomic E-state index is 0.00513. The number of carbonyl (C=O) groups excluding carboxylic acids is 1. The van der Waals surface area contributed by atoms with E-state index in [0.29, 0.717) is 17.8 Å². The van der Waals surface area contributed by atoms with Crippen molar-refractivity contribution in [2.75, 3.05) is 10.6 Å². The molecule has 122 valence electrons. The highest BCUT2D eigenvalue weighted by Gasteiger charge is 2.08. The summed E-state index contributed by atoms with van der Waals surface area (Å²) < 4.78 is 18.8. The molecule has 2 N–H and O–H groups in total. The Hall–Kier alpha value is -3.08. The van der Waals surface area contributed by atoms with Gasteiger partial charge in [0.25, 0.3) is 0 Å². The molecule has 0 bridgehead atoms. The molecule has 3 rings (SSSR count). The number of amides is 1. The number of halogens is 1. The number of anilines is 2. The predicted octanol–water partition coefficient (Wildman–Crippen LogP) is 4.21. The lowest BCUT2D eigenvalue weighted by Gasteiger charge is -2.08. The number of nitrogens with one attached hydrogen (secondary N) is 2. The summed E-state index contributed by atoms with van der Waals surface area (Å²) in [6, 6.07) is 17.3. The zero-order chi connectivity index (χ0) is 16.8. The first-order valence-electron chi connectivity index (χ1n) is 7.60. The van der Waals surface area contributed by atoms with Gasteiger partial charge in [-0.1, -0.05) is 18.2 Å². The first kappa shape index (κ1) is 15.8. The van der Waals surface area contributed by atoms with Crippen LogP contribution in [0.5, 0.6) is 0 Å². The van der Waals surface area contributed by atoms with Crippen molar-refractivity contribution >= 4 is 17.3 Å². The molecule has 24 heavy (non-hydrogen) atoms. The number of hydrogen-bond acceptors (Lipinski definition) is 3. The van der Waals surface area contributed by atoms with E-state index in [4.69, 9.17) is 4.42 Å². The molecule has 3 aromatic rings. The smallest absolute Gasteiger partial charge is 0.228 e. The molecule has 0 fully saturated rings. The van der Waals surface area contributed by atoms with Gasteiger partial charge in [0.2, 0.25) is 5.91 Å². The van der Waals surface area contributed by atoms with E-state index in [2.05, 4.69) is 10.6 Å². The number of rotatable bonds is 6. The fourth-order valence-corrected chi connectivity index (χ4v) is 2.29. The average Bonchev–Trinajstić information content (AvgIpc) is 3.10. The van der Waals surface area contributed by atoms with Gasteiger partial charge in [0.1, 0.15) is 11.6 Å². The third-order valence-electron chi connectivity index (χ3n) is 3.52. The van der Waals surface area contributed by atoms with Crippen LogP contribution in [0.2, 0.25) is 0 Å². The molecule has 0 aliphatic carbocycles. The van der Waals surface area contributed by atoms with Gasteiger partial charge in [0, 0.05) is 11.4 Å². The summed E-state index contributed by atoms with van der Waals surface area (Å²) in [5, 5.41) is 5.98. The summed E-state index contributed by atoms with van der Waals surface area (Å²) >= 11 is 0. The van der Waals surface area contributed by atoms with E-state index in [1.165, 1.54) is 6.07 Å². The average molecular weight is 324 g/mol. The van der Waals surface area contributed by atoms with Gasteiger partial charge in [-0.3, -0.25) is 4.79 Å². The van der Waals surface area contributed by atoms with Gasteiger partial charge in [-0.15, -0.1) is 0 Å². The van der Waals surface area contributed by atoms with Crippen LogP contribution in [-0.4, -0.2) is 5.91 Å². The Bertz CT molecular complexity index is 798. The van der Waals surface area contributed by atoms with E-state index < -0.39 is 0 Å². The SMILES string of the molecule is O=C(Cc1ccccc1F)Nc1ccc(NCc2ccco2)cc1. The molecule has 0 atom stereocenters. The minimum atomic E-state index is -0.370. The van der Waals surface area contributed by atoms with Gasteiger partial charge < -0.3 is 15.1 Å². The highest BCUT2D eigenvalue weighted by atomic mass is 19.1. The Kier molecular flexibility index (Phi) is 4.91. The van der Waals surface area contributed by atoms with Gasteiger partial charge in [0.05, 0.1) is 19.2 Å². The van der Waals surface area contributed by atoms with Crippen molar-refractivity contribution in [3.63, 3.8) is 0 Å². The Labute approximate surface area is 139 Å². The molecule has 4 nitrogen and oxygen atoms in total. The van der Waals surface area contributed by atoms with Gasteiger partial charge in [0.15, 0.2) is 0 Å². The third-order valence-corrected chi connectivity index (χ3v) is 3.52. The van der Waals surface area contributed by atoms with E-state index >= 15 is 0 Å². The fourth-order valence-electron chi connectivity index (χ4n) is 2.29. The summed E-state index contributed by atoms with van der Waals surface area (Å²) in [4.78, 5) is 12.0. The molecule has 0 saturated heterocycles. The highest BCUT2D eigenvalue weighted by Crippen LogP contribution is 2.15. The monoisotopic (exact) mass is 324 g/mol. The van der Waals surface area contributed by atoms with Crippen LogP contribution in [0.3, 0.4) is 0 Å². The van der Waals surface area contributed by atoms with Crippen molar-refractivity contribution in [3.05, 3.63) is 84.1 Å². The van der Waals surface area contributed by atoms with Gasteiger partial charge >= 0.3 is 0 Å². The van der Waals surface area contributed by atoms with Gasteiger partial charge in [-0.2, -0.15) is 0 Å². The standard InChI is InChI=1S/C19H17FN2O2/c20-18-6-2-1-4-14(18)12-19(23)22-16-9-7-15(8-10-16)21-13-17-5-3-11-24-17/h1-11,21H,12-13H2,(H,22,23). The van der Waals surface area contributed by atoms with Crippen LogP contribution in [0, 0.1) is 5.82 Å². The maximum absolute atomic E-state index is 13.5. The summed E-state index contributed by atoms with van der Waals surface area (Å²) in [6.45, 7) is 0.589. The summed E-state index contributed by atoms with van der Waals surface area (Å²) in [6.07, 6.45) is 1.64. The third kappa shape index (κ3) is 4.23. The van der Waals surface area contributed by atoms with Crippen molar-refractivity contribution in [2.45, 2.75) is 13.0 Å². The summed E-state index contributed by atoms with van der Waals surface area (Å²) in [5.41, 5.74) is 1.96. The second-order valence-corrected chi connectivity index (χ2v) is 5.33. The molecule has 0 aliphatic heterocycles. The maximum Gasteiger partial charge on any atom is 0.228 e.